The molecule has 0 aliphatic heterocycles. The van der Waals surface area contributed by atoms with Crippen LogP contribution in [0.25, 0.3) is 5.70 Å². The Hall–Kier alpha value is -1.85. The number of aromatic nitrogens is 1. The first kappa shape index (κ1) is 20.2. The van der Waals surface area contributed by atoms with Gasteiger partial charge in [0.1, 0.15) is 5.71 Å². The van der Waals surface area contributed by atoms with Gasteiger partial charge in [-0.1, -0.05) is 39.5 Å². The molecule has 1 aromatic rings. The molecule has 0 bridgehead atoms. The number of hydrogen-bond acceptors (Lipinski definition) is 3. The van der Waals surface area contributed by atoms with Crippen molar-refractivity contribution in [2.24, 2.45) is 11.7 Å². The van der Waals surface area contributed by atoms with Gasteiger partial charge in [0.05, 0.1) is 11.4 Å². The van der Waals surface area contributed by atoms with Crippen molar-refractivity contribution in [2.75, 3.05) is 0 Å². The predicted octanol–water partition coefficient (Wildman–Crippen LogP) is 5.11. The number of rotatable bonds is 9. The van der Waals surface area contributed by atoms with Gasteiger partial charge in [0.25, 0.3) is 0 Å². The zero-order valence-electron chi connectivity index (χ0n) is 14.3. The third-order valence-electron chi connectivity index (χ3n) is 4.11. The molecule has 0 aliphatic rings. The van der Waals surface area contributed by atoms with E-state index in [0.717, 1.165) is 24.8 Å². The van der Waals surface area contributed by atoms with E-state index in [9.17, 15) is 13.2 Å². The Bertz CT molecular complexity index is 565. The molecule has 3 nitrogen and oxygen atoms in total. The molecule has 0 aliphatic carbocycles. The van der Waals surface area contributed by atoms with Crippen LogP contribution < -0.4 is 5.73 Å². The van der Waals surface area contributed by atoms with Crippen LogP contribution in [0.15, 0.2) is 24.4 Å². The van der Waals surface area contributed by atoms with Crippen LogP contribution >= 0.6 is 0 Å². The number of alkyl halides is 3. The van der Waals surface area contributed by atoms with E-state index in [1.165, 1.54) is 19.3 Å². The normalized spacial score (nSPS) is 13.8. The first-order chi connectivity index (χ1) is 11.3. The highest BCUT2D eigenvalue weighted by molar-refractivity contribution is 6.01. The molecule has 0 spiro atoms. The highest BCUT2D eigenvalue weighted by Crippen LogP contribution is 2.21. The Morgan fingerprint density at radius 1 is 1.33 bits per heavy atom. The number of nitrogens with one attached hydrogen (secondary N) is 1. The molecule has 24 heavy (non-hydrogen) atoms. The van der Waals surface area contributed by atoms with Crippen LogP contribution in [0.3, 0.4) is 0 Å². The van der Waals surface area contributed by atoms with Crippen LogP contribution in [-0.4, -0.2) is 16.9 Å². The van der Waals surface area contributed by atoms with Gasteiger partial charge in [-0.15, -0.1) is 0 Å². The average molecular weight is 341 g/mol. The molecule has 0 aromatic carbocycles. The topological polar surface area (TPSA) is 62.8 Å². The van der Waals surface area contributed by atoms with Crippen molar-refractivity contribution in [1.29, 1.82) is 5.41 Å². The van der Waals surface area contributed by atoms with Crippen LogP contribution in [0.4, 0.5) is 13.2 Å². The molecule has 1 atom stereocenters. The number of pyridine rings is 1. The van der Waals surface area contributed by atoms with Crippen LogP contribution in [0.2, 0.25) is 0 Å². The SMILES string of the molecule is CCCCC(CC)CCc1ccnc(/C(N)=C/C(=N)C(F)(F)F)c1. The van der Waals surface area contributed by atoms with E-state index < -0.39 is 11.9 Å². The van der Waals surface area contributed by atoms with Crippen LogP contribution in [-0.2, 0) is 6.42 Å². The van der Waals surface area contributed by atoms with Gasteiger partial charge >= 0.3 is 6.18 Å². The van der Waals surface area contributed by atoms with E-state index in [4.69, 9.17) is 11.1 Å². The third kappa shape index (κ3) is 6.72. The van der Waals surface area contributed by atoms with Crippen molar-refractivity contribution in [3.63, 3.8) is 0 Å². The quantitative estimate of drug-likeness (QED) is 0.613. The second-order valence-corrected chi connectivity index (χ2v) is 6.02. The summed E-state index contributed by atoms with van der Waals surface area (Å²) in [5.41, 5.74) is 5.34. The number of hydrogen-bond donors (Lipinski definition) is 2. The van der Waals surface area contributed by atoms with Crippen LogP contribution in [0.5, 0.6) is 0 Å². The molecule has 134 valence electrons. The Morgan fingerprint density at radius 2 is 2.04 bits per heavy atom. The second-order valence-electron chi connectivity index (χ2n) is 6.02. The minimum absolute atomic E-state index is 0.141. The molecule has 1 aromatic heterocycles. The molecule has 0 amide bonds. The summed E-state index contributed by atoms with van der Waals surface area (Å²) in [6.07, 6.45) is 4.09. The summed E-state index contributed by atoms with van der Waals surface area (Å²) in [7, 11) is 0. The van der Waals surface area contributed by atoms with E-state index in [2.05, 4.69) is 18.8 Å². The lowest BCUT2D eigenvalue weighted by molar-refractivity contribution is -0.0583. The molecule has 0 fully saturated rings. The molecule has 6 heteroatoms. The van der Waals surface area contributed by atoms with E-state index >= 15 is 0 Å². The smallest absolute Gasteiger partial charge is 0.397 e. The Morgan fingerprint density at radius 3 is 2.62 bits per heavy atom. The lowest BCUT2D eigenvalue weighted by Crippen LogP contribution is -2.20. The highest BCUT2D eigenvalue weighted by Gasteiger charge is 2.32. The number of nitrogens with two attached hydrogens (primary N) is 1. The van der Waals surface area contributed by atoms with E-state index in [1.54, 1.807) is 12.3 Å². The fourth-order valence-electron chi connectivity index (χ4n) is 2.52. The van der Waals surface area contributed by atoms with Crippen LogP contribution in [0, 0.1) is 11.3 Å². The summed E-state index contributed by atoms with van der Waals surface area (Å²) in [6, 6.07) is 3.57. The standard InChI is InChI=1S/C18H26F3N3/c1-3-5-6-13(4-2)7-8-14-9-10-24-16(11-14)15(22)12-17(23)18(19,20)21/h9-13,23H,3-8,22H2,1-2H3/b15-12-,23-17?. The Kier molecular flexibility index (Phi) is 7.95. The number of halogens is 3. The van der Waals surface area contributed by atoms with Gasteiger partial charge in [0.15, 0.2) is 0 Å². The molecular formula is C18H26F3N3. The summed E-state index contributed by atoms with van der Waals surface area (Å²) in [4.78, 5) is 4.01. The summed E-state index contributed by atoms with van der Waals surface area (Å²) in [5.74, 6) is 0.660. The molecule has 1 heterocycles. The summed E-state index contributed by atoms with van der Waals surface area (Å²) in [5, 5.41) is 6.99. The fraction of sp³-hybridized carbons (Fsp3) is 0.556. The van der Waals surface area contributed by atoms with Gasteiger partial charge in [0.2, 0.25) is 0 Å². The van der Waals surface area contributed by atoms with E-state index in [0.29, 0.717) is 12.0 Å². The molecule has 3 N–H and O–H groups in total. The third-order valence-corrected chi connectivity index (χ3v) is 4.11. The van der Waals surface area contributed by atoms with Crippen molar-refractivity contribution in [1.82, 2.24) is 4.98 Å². The van der Waals surface area contributed by atoms with E-state index in [-0.39, 0.29) is 11.4 Å². The molecule has 0 radical (unpaired) electrons. The predicted molar refractivity (Wildman–Crippen MR) is 91.8 cm³/mol. The van der Waals surface area contributed by atoms with Crippen molar-refractivity contribution < 1.29 is 13.2 Å². The Labute approximate surface area is 141 Å². The summed E-state index contributed by atoms with van der Waals surface area (Å²) < 4.78 is 37.2. The number of allylic oxidation sites excluding steroid dienone is 1. The first-order valence-electron chi connectivity index (χ1n) is 8.36. The monoisotopic (exact) mass is 341 g/mol. The van der Waals surface area contributed by atoms with Crippen molar-refractivity contribution in [3.05, 3.63) is 35.7 Å². The second kappa shape index (κ2) is 9.45. The lowest BCUT2D eigenvalue weighted by atomic mass is 9.92. The molecule has 0 saturated carbocycles. The largest absolute Gasteiger partial charge is 0.432 e. The van der Waals surface area contributed by atoms with Gasteiger partial charge in [0, 0.05) is 6.20 Å². The molecule has 0 saturated heterocycles. The molecule has 1 unspecified atom stereocenters. The van der Waals surface area contributed by atoms with Crippen molar-refractivity contribution >= 4 is 11.4 Å². The highest BCUT2D eigenvalue weighted by atomic mass is 19.4. The number of unbranched alkanes of at least 4 members (excludes halogenated alkanes) is 1. The average Bonchev–Trinajstić information content (AvgIpc) is 2.54. The minimum atomic E-state index is -4.70. The fourth-order valence-corrected chi connectivity index (χ4v) is 2.52. The maximum Gasteiger partial charge on any atom is 0.432 e. The number of aryl methyl sites for hydroxylation is 1. The zero-order valence-corrected chi connectivity index (χ0v) is 14.3. The van der Waals surface area contributed by atoms with Gasteiger partial charge in [-0.2, -0.15) is 13.2 Å². The summed E-state index contributed by atoms with van der Waals surface area (Å²) in [6.45, 7) is 4.36. The van der Waals surface area contributed by atoms with Gasteiger partial charge < -0.3 is 5.73 Å². The molecular weight excluding hydrogens is 315 g/mol. The van der Waals surface area contributed by atoms with Crippen LogP contribution in [0.1, 0.15) is 57.2 Å². The van der Waals surface area contributed by atoms with Crippen molar-refractivity contribution in [3.8, 4) is 0 Å². The first-order valence-corrected chi connectivity index (χ1v) is 8.36. The maximum atomic E-state index is 12.4. The molecule has 1 rings (SSSR count). The Balaban J connectivity index is 2.76. The van der Waals surface area contributed by atoms with Gasteiger partial charge in [-0.05, 0) is 42.5 Å². The van der Waals surface area contributed by atoms with Gasteiger partial charge in [-0.3, -0.25) is 10.4 Å². The lowest BCUT2D eigenvalue weighted by Gasteiger charge is -2.14. The van der Waals surface area contributed by atoms with Crippen molar-refractivity contribution in [2.45, 2.75) is 58.5 Å². The zero-order chi connectivity index (χ0) is 18.2. The minimum Gasteiger partial charge on any atom is -0.397 e. The maximum absolute atomic E-state index is 12.4. The van der Waals surface area contributed by atoms with E-state index in [1.807, 2.05) is 6.07 Å². The van der Waals surface area contributed by atoms with Gasteiger partial charge in [-0.25, -0.2) is 0 Å². The number of nitrogens with zero attached hydrogens (tertiary/aromatic N) is 1. The summed E-state index contributed by atoms with van der Waals surface area (Å²) >= 11 is 0.